The van der Waals surface area contributed by atoms with Crippen molar-refractivity contribution in [3.63, 3.8) is 0 Å². The van der Waals surface area contributed by atoms with E-state index >= 15 is 0 Å². The molecule has 2 heterocycles. The van der Waals surface area contributed by atoms with Crippen molar-refractivity contribution in [2.24, 2.45) is 0 Å². The Morgan fingerprint density at radius 3 is 0.905 bits per heavy atom. The van der Waals surface area contributed by atoms with Crippen LogP contribution in [0.5, 0.6) is 0 Å². The second kappa shape index (κ2) is 40.4. The van der Waals surface area contributed by atoms with Crippen molar-refractivity contribution in [1.29, 1.82) is 0 Å². The van der Waals surface area contributed by atoms with Crippen molar-refractivity contribution in [2.45, 2.75) is 41.5 Å². The fourth-order valence-electron chi connectivity index (χ4n) is 0.838. The number of hydrogen-bond donors (Lipinski definition) is 0. The standard InChI is InChI=1S/C8H6S2.3C2H6.5Ar/c1-3-7(9-5-1)8-4-2-6-10-8;3*1-2;;;;;/h1-6H;3*1-2H3;;;;;. The smallest absolute Gasteiger partial charge is 0.0442 e. The number of hydrogen-bond acceptors (Lipinski definition) is 2. The summed E-state index contributed by atoms with van der Waals surface area (Å²) in [5.74, 6) is 0. The Hall–Kier alpha value is 5.70. The van der Waals surface area contributed by atoms with Crippen LogP contribution >= 0.6 is 22.7 Å². The first-order valence-electron chi connectivity index (χ1n) is 6.04. The molecule has 2 aromatic heterocycles. The largest absolute Gasteiger partial charge is 0.143 e. The predicted molar refractivity (Wildman–Crippen MR) is 81.7 cm³/mol. The summed E-state index contributed by atoms with van der Waals surface area (Å²) < 4.78 is 0. The van der Waals surface area contributed by atoms with E-state index in [9.17, 15) is 0 Å². The van der Waals surface area contributed by atoms with Gasteiger partial charge < -0.3 is 0 Å². The molecule has 0 bridgehead atoms. The van der Waals surface area contributed by atoms with Crippen molar-refractivity contribution in [3.8, 4) is 9.75 Å². The van der Waals surface area contributed by atoms with Crippen molar-refractivity contribution in [1.82, 2.24) is 0 Å². The first-order chi connectivity index (χ1) is 7.97. The number of thiophene rings is 2. The van der Waals surface area contributed by atoms with Crippen LogP contribution in [0.4, 0.5) is 0 Å². The van der Waals surface area contributed by atoms with Crippen LogP contribution in [-0.4, -0.2) is 0 Å². The fraction of sp³-hybridized carbons (Fsp3) is 0.429. The van der Waals surface area contributed by atoms with Crippen LogP contribution in [0.15, 0.2) is 35.0 Å². The van der Waals surface area contributed by atoms with Crippen LogP contribution in [0.2, 0.25) is 0 Å². The first kappa shape index (κ1) is 45.4. The predicted octanol–water partition coefficient (Wildman–Crippen LogP) is 6.56. The molecule has 0 amide bonds. The molecule has 0 unspecified atom stereocenters. The van der Waals surface area contributed by atoms with E-state index in [4.69, 9.17) is 0 Å². The molecule has 132 valence electrons. The molecule has 0 fully saturated rings. The van der Waals surface area contributed by atoms with Crippen LogP contribution in [-0.2, 0) is 0 Å². The Morgan fingerprint density at radius 1 is 0.524 bits per heavy atom. The summed E-state index contributed by atoms with van der Waals surface area (Å²) in [6, 6.07) is 8.46. The van der Waals surface area contributed by atoms with Crippen molar-refractivity contribution in [2.75, 3.05) is 0 Å². The van der Waals surface area contributed by atoms with Gasteiger partial charge in [-0.25, -0.2) is 0 Å². The molecule has 0 aromatic carbocycles. The third-order valence-corrected chi connectivity index (χ3v) is 3.22. The summed E-state index contributed by atoms with van der Waals surface area (Å²) in [7, 11) is 0. The van der Waals surface area contributed by atoms with Gasteiger partial charge >= 0.3 is 0 Å². The number of rotatable bonds is 1. The Balaban J connectivity index is -0.0000000324. The molecule has 0 N–H and O–H groups in total. The van der Waals surface area contributed by atoms with Gasteiger partial charge in [-0.15, -0.1) is 22.7 Å². The van der Waals surface area contributed by atoms with E-state index < -0.39 is 0 Å². The molecular weight excluding hydrogens is 432 g/mol. The van der Waals surface area contributed by atoms with E-state index in [-0.39, 0.29) is 189 Å². The summed E-state index contributed by atoms with van der Waals surface area (Å²) >= 11 is 3.58. The van der Waals surface area contributed by atoms with Crippen LogP contribution in [0.1, 0.15) is 41.5 Å². The van der Waals surface area contributed by atoms with E-state index in [0.717, 1.165) is 0 Å². The van der Waals surface area contributed by atoms with Crippen molar-refractivity contribution >= 4 is 22.7 Å². The zero-order valence-electron chi connectivity index (χ0n) is 13.0. The molecule has 2 aromatic rings. The summed E-state index contributed by atoms with van der Waals surface area (Å²) in [6.07, 6.45) is 0. The zero-order valence-corrected chi connectivity index (χ0v) is 18.2. The molecular formula is C14H24Ar5S2. The molecule has 7 heteroatoms. The van der Waals surface area contributed by atoms with Crippen LogP contribution < -0.4 is 0 Å². The van der Waals surface area contributed by atoms with Crippen LogP contribution in [0.25, 0.3) is 9.75 Å². The average molecular weight is 456 g/mol. The van der Waals surface area contributed by atoms with Gasteiger partial charge in [-0.1, -0.05) is 53.7 Å². The monoisotopic (exact) mass is 456 g/mol. The van der Waals surface area contributed by atoms with Gasteiger partial charge in [-0.3, -0.25) is 0 Å². The quantitative estimate of drug-likeness (QED) is 0.457. The minimum atomic E-state index is 0. The van der Waals surface area contributed by atoms with Crippen molar-refractivity contribution < 1.29 is 189 Å². The third-order valence-electron chi connectivity index (χ3n) is 1.29. The first-order valence-corrected chi connectivity index (χ1v) is 7.80. The summed E-state index contributed by atoms with van der Waals surface area (Å²) in [5, 5.41) is 4.21. The maximum Gasteiger partial charge on any atom is 0.0442 e. The fourth-order valence-corrected chi connectivity index (χ4v) is 2.42. The molecule has 0 atom stereocenters. The summed E-state index contributed by atoms with van der Waals surface area (Å²) in [4.78, 5) is 2.74. The van der Waals surface area contributed by atoms with Crippen molar-refractivity contribution in [3.05, 3.63) is 35.0 Å². The molecule has 0 aliphatic heterocycles. The van der Waals surface area contributed by atoms with Gasteiger partial charge in [0.2, 0.25) is 0 Å². The SMILES string of the molecule is CC.CC.CC.[Ar].[Ar].[Ar].[Ar].[Ar].c1csc(-c2cccs2)c1. The Bertz CT molecular complexity index is 265. The van der Waals surface area contributed by atoms with Gasteiger partial charge in [0.1, 0.15) is 0 Å². The molecule has 0 aliphatic carbocycles. The molecule has 21 heavy (non-hydrogen) atoms. The van der Waals surface area contributed by atoms with Gasteiger partial charge in [-0.05, 0) is 22.9 Å². The molecule has 0 saturated carbocycles. The van der Waals surface area contributed by atoms with E-state index in [0.29, 0.717) is 0 Å². The van der Waals surface area contributed by atoms with E-state index in [1.54, 1.807) is 22.7 Å². The Labute approximate surface area is 290 Å². The van der Waals surface area contributed by atoms with Gasteiger partial charge in [-0.2, -0.15) is 0 Å². The molecule has 0 nitrogen and oxygen atoms in total. The molecule has 0 aliphatic rings. The van der Waals surface area contributed by atoms with Gasteiger partial charge in [0.25, 0.3) is 0 Å². The topological polar surface area (TPSA) is 0 Å². The molecule has 0 spiro atoms. The minimum Gasteiger partial charge on any atom is -0.143 e. The molecule has 0 saturated heterocycles. The van der Waals surface area contributed by atoms with Gasteiger partial charge in [0.15, 0.2) is 0 Å². The maximum absolute atomic E-state index is 2.15. The second-order valence-corrected chi connectivity index (χ2v) is 3.85. The van der Waals surface area contributed by atoms with Crippen LogP contribution in [0.3, 0.4) is 0 Å². The van der Waals surface area contributed by atoms with Crippen LogP contribution in [0, 0.1) is 189 Å². The van der Waals surface area contributed by atoms with E-state index in [1.165, 1.54) is 9.75 Å². The Morgan fingerprint density at radius 2 is 0.762 bits per heavy atom. The summed E-state index contributed by atoms with van der Waals surface area (Å²) in [6.45, 7) is 12.0. The van der Waals surface area contributed by atoms with E-state index in [2.05, 4.69) is 35.0 Å². The molecule has 0 radical (unpaired) electrons. The van der Waals surface area contributed by atoms with Gasteiger partial charge in [0, 0.05) is 198 Å². The zero-order chi connectivity index (χ0) is 12.8. The second-order valence-electron chi connectivity index (χ2n) is 1.95. The summed E-state index contributed by atoms with van der Waals surface area (Å²) in [5.41, 5.74) is 0. The molecule has 2 rings (SSSR count). The average Bonchev–Trinajstić information content (AvgIpc) is 3.09. The Kier molecular flexibility index (Phi) is 87.4. The minimum absolute atomic E-state index is 0. The maximum atomic E-state index is 2.15. The van der Waals surface area contributed by atoms with E-state index in [1.807, 2.05) is 41.5 Å². The van der Waals surface area contributed by atoms with Gasteiger partial charge in [0.05, 0.1) is 0 Å². The normalized spacial score (nSPS) is 5.62. The third kappa shape index (κ3) is 25.7.